The first-order valence-corrected chi connectivity index (χ1v) is 5.37. The van der Waals surface area contributed by atoms with E-state index in [1.165, 1.54) is 18.2 Å². The Kier molecular flexibility index (Phi) is 3.49. The van der Waals surface area contributed by atoms with Crippen molar-refractivity contribution in [1.29, 1.82) is 0 Å². The third-order valence-electron chi connectivity index (χ3n) is 2.43. The Hall–Kier alpha value is -2.39. The van der Waals surface area contributed by atoms with Gasteiger partial charge in [0.2, 0.25) is 5.10 Å². The highest BCUT2D eigenvalue weighted by molar-refractivity contribution is 5.69. The van der Waals surface area contributed by atoms with Crippen LogP contribution in [-0.2, 0) is 0 Å². The maximum Gasteiger partial charge on any atom is 0.458 e. The second-order valence-corrected chi connectivity index (χ2v) is 3.82. The second kappa shape index (κ2) is 5.08. The van der Waals surface area contributed by atoms with Gasteiger partial charge in [-0.3, -0.25) is 5.73 Å². The fourth-order valence-electron chi connectivity index (χ4n) is 1.47. The Labute approximate surface area is 107 Å². The van der Waals surface area contributed by atoms with E-state index < -0.39 is 18.7 Å². The minimum atomic E-state index is -1.02. The van der Waals surface area contributed by atoms with Crippen LogP contribution in [0.1, 0.15) is 0 Å². The van der Waals surface area contributed by atoms with Crippen LogP contribution < -0.4 is 20.0 Å². The standard InChI is InChI=1S/C10H12N4O5/c11-10-12-14(18)9-3-7(19-5-6(16)4-15)1-2-8(9)13(10)17/h1-3,6,15-16H,4-5H2,(H2,11,12). The second-order valence-electron chi connectivity index (χ2n) is 3.82. The van der Waals surface area contributed by atoms with Crippen LogP contribution in [0.4, 0.5) is 5.95 Å². The van der Waals surface area contributed by atoms with Crippen LogP contribution in [0.5, 0.6) is 5.75 Å². The predicted molar refractivity (Wildman–Crippen MR) is 62.7 cm³/mol. The lowest BCUT2D eigenvalue weighted by molar-refractivity contribution is -0.672. The lowest BCUT2D eigenvalue weighted by atomic mass is 10.3. The van der Waals surface area contributed by atoms with E-state index in [1.807, 2.05) is 0 Å². The average molecular weight is 268 g/mol. The first-order valence-electron chi connectivity index (χ1n) is 5.37. The van der Waals surface area contributed by atoms with Crippen LogP contribution in [0.25, 0.3) is 11.0 Å². The zero-order valence-corrected chi connectivity index (χ0v) is 9.76. The largest absolute Gasteiger partial charge is 0.739 e. The highest BCUT2D eigenvalue weighted by Gasteiger charge is 2.18. The summed E-state index contributed by atoms with van der Waals surface area (Å²) in [6.07, 6.45) is -1.02. The van der Waals surface area contributed by atoms with Crippen LogP contribution in [0, 0.1) is 10.4 Å². The number of hydrogen-bond donors (Lipinski definition) is 3. The van der Waals surface area contributed by atoms with Gasteiger partial charge < -0.3 is 25.4 Å². The topological polar surface area (TPSA) is 142 Å². The third-order valence-corrected chi connectivity index (χ3v) is 2.43. The van der Waals surface area contributed by atoms with E-state index in [0.717, 1.165) is 0 Å². The molecule has 2 aromatic rings. The Morgan fingerprint density at radius 3 is 2.79 bits per heavy atom. The van der Waals surface area contributed by atoms with Crippen LogP contribution in [0.15, 0.2) is 18.2 Å². The maximum absolute atomic E-state index is 11.6. The highest BCUT2D eigenvalue weighted by atomic mass is 16.5. The number of aliphatic hydroxyl groups is 2. The molecule has 0 radical (unpaired) electrons. The van der Waals surface area contributed by atoms with E-state index in [2.05, 4.69) is 5.10 Å². The van der Waals surface area contributed by atoms with E-state index in [1.54, 1.807) is 0 Å². The summed E-state index contributed by atoms with van der Waals surface area (Å²) in [5.74, 6) is -0.192. The van der Waals surface area contributed by atoms with Crippen molar-refractivity contribution in [2.45, 2.75) is 6.10 Å². The molecule has 9 heteroatoms. The molecule has 0 saturated heterocycles. The van der Waals surface area contributed by atoms with Gasteiger partial charge in [-0.05, 0) is 12.1 Å². The molecule has 0 saturated carbocycles. The monoisotopic (exact) mass is 268 g/mol. The van der Waals surface area contributed by atoms with Gasteiger partial charge in [-0.15, -0.1) is 0 Å². The van der Waals surface area contributed by atoms with Gasteiger partial charge in [0.1, 0.15) is 18.5 Å². The predicted octanol–water partition coefficient (Wildman–Crippen LogP) is -2.18. The molecule has 1 aromatic heterocycles. The van der Waals surface area contributed by atoms with E-state index >= 15 is 0 Å². The molecule has 0 bridgehead atoms. The first kappa shape index (κ1) is 13.1. The van der Waals surface area contributed by atoms with Crippen molar-refractivity contribution in [1.82, 2.24) is 5.10 Å². The van der Waals surface area contributed by atoms with Gasteiger partial charge in [-0.25, -0.2) is 4.73 Å². The molecule has 1 aromatic carbocycles. The molecular weight excluding hydrogens is 256 g/mol. The number of benzene rings is 1. The number of nitrogens with zero attached hydrogens (tertiary/aromatic N) is 3. The minimum Gasteiger partial charge on any atom is -0.739 e. The van der Waals surface area contributed by atoms with E-state index in [9.17, 15) is 10.4 Å². The fourth-order valence-corrected chi connectivity index (χ4v) is 1.47. The number of ether oxygens (including phenoxy) is 1. The van der Waals surface area contributed by atoms with Crippen LogP contribution >= 0.6 is 0 Å². The molecule has 1 unspecified atom stereocenters. The van der Waals surface area contributed by atoms with Crippen LogP contribution in [0.2, 0.25) is 0 Å². The summed E-state index contributed by atoms with van der Waals surface area (Å²) in [6, 6.07) is 4.10. The van der Waals surface area contributed by atoms with Gasteiger partial charge in [0.25, 0.3) is 0 Å². The summed E-state index contributed by atoms with van der Waals surface area (Å²) in [7, 11) is 0. The Morgan fingerprint density at radius 1 is 1.37 bits per heavy atom. The molecule has 2 rings (SSSR count). The number of rotatable bonds is 4. The summed E-state index contributed by atoms with van der Waals surface area (Å²) in [6.45, 7) is -0.575. The number of hydrogen-bond acceptors (Lipinski definition) is 7. The first-order chi connectivity index (χ1) is 9.02. The molecule has 0 aliphatic heterocycles. The number of nitrogen functional groups attached to an aromatic ring is 1. The fraction of sp³-hybridized carbons (Fsp3) is 0.300. The van der Waals surface area contributed by atoms with Gasteiger partial charge in [0.15, 0.2) is 5.52 Å². The number of aromatic nitrogens is 3. The van der Waals surface area contributed by atoms with Gasteiger partial charge in [0, 0.05) is 4.85 Å². The molecule has 0 spiro atoms. The van der Waals surface area contributed by atoms with Gasteiger partial charge in [-0.1, -0.05) is 0 Å². The molecule has 0 aliphatic rings. The Bertz CT molecular complexity index is 606. The summed E-state index contributed by atoms with van der Waals surface area (Å²) in [4.78, 5) is 0.217. The zero-order valence-electron chi connectivity index (χ0n) is 9.76. The van der Waals surface area contributed by atoms with Crippen molar-refractivity contribution >= 4 is 17.0 Å². The van der Waals surface area contributed by atoms with Crippen molar-refractivity contribution in [3.8, 4) is 5.75 Å². The molecule has 0 aliphatic carbocycles. The molecule has 1 heterocycles. The number of nitrogens with two attached hydrogens (primary N) is 1. The number of anilines is 1. The normalized spacial score (nSPS) is 12.5. The molecule has 0 fully saturated rings. The minimum absolute atomic E-state index is 0.0137. The van der Waals surface area contributed by atoms with E-state index in [0.29, 0.717) is 4.73 Å². The van der Waals surface area contributed by atoms with Gasteiger partial charge in [-0.2, -0.15) is 0 Å². The van der Waals surface area contributed by atoms with Gasteiger partial charge >= 0.3 is 11.5 Å². The maximum atomic E-state index is 11.6. The smallest absolute Gasteiger partial charge is 0.458 e. The lowest BCUT2D eigenvalue weighted by Crippen LogP contribution is -2.44. The molecule has 0 amide bonds. The van der Waals surface area contributed by atoms with Crippen LogP contribution in [0.3, 0.4) is 0 Å². The molecule has 4 N–H and O–H groups in total. The zero-order chi connectivity index (χ0) is 14.0. The van der Waals surface area contributed by atoms with Crippen molar-refractivity contribution in [2.75, 3.05) is 18.9 Å². The number of fused-ring (bicyclic) bond motifs is 1. The summed E-state index contributed by atoms with van der Waals surface area (Å²) in [5, 5.41) is 44.2. The quantitative estimate of drug-likeness (QED) is 0.422. The molecule has 9 nitrogen and oxygen atoms in total. The molecular formula is C10H12N4O5. The van der Waals surface area contributed by atoms with E-state index in [4.69, 9.17) is 20.7 Å². The Balaban J connectivity index is 2.35. The summed E-state index contributed by atoms with van der Waals surface area (Å²) >= 11 is 0. The molecule has 19 heavy (non-hydrogen) atoms. The van der Waals surface area contributed by atoms with E-state index in [-0.39, 0.29) is 28.2 Å². The van der Waals surface area contributed by atoms with Crippen LogP contribution in [-0.4, -0.2) is 34.6 Å². The van der Waals surface area contributed by atoms with Gasteiger partial charge in [0.05, 0.1) is 12.7 Å². The lowest BCUT2D eigenvalue weighted by Gasteiger charge is -2.11. The third kappa shape index (κ3) is 2.56. The molecule has 102 valence electrons. The molecule has 1 atom stereocenters. The highest BCUT2D eigenvalue weighted by Crippen LogP contribution is 2.16. The number of aliphatic hydroxyl groups excluding tert-OH is 2. The van der Waals surface area contributed by atoms with Crippen molar-refractivity contribution < 1.29 is 24.5 Å². The average Bonchev–Trinajstić information content (AvgIpc) is 2.42. The Morgan fingerprint density at radius 2 is 2.11 bits per heavy atom. The summed E-state index contributed by atoms with van der Waals surface area (Å²) in [5.41, 5.74) is 5.31. The van der Waals surface area contributed by atoms with Crippen molar-refractivity contribution in [3.63, 3.8) is 0 Å². The van der Waals surface area contributed by atoms with Crippen molar-refractivity contribution in [3.05, 3.63) is 28.6 Å². The SMILES string of the molecule is Nc1n[n+]([O-])c2cc(OCC(O)CO)ccc2[n+]1[O-]. The van der Waals surface area contributed by atoms with Crippen molar-refractivity contribution in [2.24, 2.45) is 0 Å². The summed E-state index contributed by atoms with van der Waals surface area (Å²) < 4.78 is 5.49.